The molecule has 0 amide bonds. The largest absolute Gasteiger partial charge is 0.313 e. The minimum Gasteiger partial charge on any atom is -0.313 e. The van der Waals surface area contributed by atoms with Gasteiger partial charge < -0.3 is 4.57 Å². The standard InChI is InChI=1S/C22H21O2P/c1-2-21(22(23)18-12-6-3-7-13-18)25(24,19-14-8-4-9-15-19)20-16-10-5-11-17-20/h3-17,21H,2H2,1H3. The molecule has 3 aromatic carbocycles. The van der Waals surface area contributed by atoms with Gasteiger partial charge in [-0.1, -0.05) is 97.9 Å². The van der Waals surface area contributed by atoms with E-state index in [9.17, 15) is 9.36 Å². The summed E-state index contributed by atoms with van der Waals surface area (Å²) in [7, 11) is -3.11. The predicted octanol–water partition coefficient (Wildman–Crippen LogP) is 4.66. The Morgan fingerprint density at radius 3 is 1.56 bits per heavy atom. The first-order valence-corrected chi connectivity index (χ1v) is 10.3. The van der Waals surface area contributed by atoms with Crippen molar-refractivity contribution in [2.45, 2.75) is 19.0 Å². The molecule has 0 heterocycles. The molecule has 2 nitrogen and oxygen atoms in total. The van der Waals surface area contributed by atoms with Crippen molar-refractivity contribution < 1.29 is 9.36 Å². The topological polar surface area (TPSA) is 34.1 Å². The van der Waals surface area contributed by atoms with Crippen molar-refractivity contribution in [2.24, 2.45) is 0 Å². The molecule has 1 unspecified atom stereocenters. The van der Waals surface area contributed by atoms with Crippen molar-refractivity contribution in [1.82, 2.24) is 0 Å². The van der Waals surface area contributed by atoms with E-state index in [1.807, 2.05) is 85.8 Å². The molecule has 0 saturated carbocycles. The maximum atomic E-state index is 14.3. The first kappa shape index (κ1) is 17.4. The van der Waals surface area contributed by atoms with Crippen LogP contribution in [0.3, 0.4) is 0 Å². The number of hydrogen-bond donors (Lipinski definition) is 0. The second-order valence-corrected chi connectivity index (χ2v) is 8.96. The smallest absolute Gasteiger partial charge is 0.173 e. The van der Waals surface area contributed by atoms with Crippen molar-refractivity contribution in [1.29, 1.82) is 0 Å². The summed E-state index contributed by atoms with van der Waals surface area (Å²) in [4.78, 5) is 13.2. The van der Waals surface area contributed by atoms with Gasteiger partial charge in [-0.15, -0.1) is 0 Å². The maximum absolute atomic E-state index is 14.3. The number of carbonyl (C=O) groups is 1. The van der Waals surface area contributed by atoms with E-state index in [1.54, 1.807) is 12.1 Å². The molecule has 0 radical (unpaired) electrons. The molecule has 1 atom stereocenters. The molecule has 0 aliphatic rings. The number of benzene rings is 3. The summed E-state index contributed by atoms with van der Waals surface area (Å²) in [5, 5.41) is 1.47. The van der Waals surface area contributed by atoms with Gasteiger partial charge in [-0.25, -0.2) is 0 Å². The fraction of sp³-hybridized carbons (Fsp3) is 0.136. The average Bonchev–Trinajstić information content (AvgIpc) is 2.70. The SMILES string of the molecule is CCC(C(=O)c1ccccc1)P(=O)(c1ccccc1)c1ccccc1. The third-order valence-electron chi connectivity index (χ3n) is 4.47. The summed E-state index contributed by atoms with van der Waals surface area (Å²) in [6, 6.07) is 28.0. The van der Waals surface area contributed by atoms with E-state index in [-0.39, 0.29) is 5.78 Å². The van der Waals surface area contributed by atoms with E-state index in [2.05, 4.69) is 0 Å². The molecule has 126 valence electrons. The Morgan fingerprint density at radius 1 is 0.760 bits per heavy atom. The van der Waals surface area contributed by atoms with Crippen LogP contribution in [0, 0.1) is 0 Å². The lowest BCUT2D eigenvalue weighted by atomic mass is 10.1. The summed E-state index contributed by atoms with van der Waals surface area (Å²) < 4.78 is 14.3. The number of carbonyl (C=O) groups excluding carboxylic acids is 1. The molecule has 0 aliphatic heterocycles. The minimum atomic E-state index is -3.11. The summed E-state index contributed by atoms with van der Waals surface area (Å²) in [5.74, 6) is -0.0564. The highest BCUT2D eigenvalue weighted by atomic mass is 31.2. The molecule has 0 aromatic heterocycles. The van der Waals surface area contributed by atoms with Gasteiger partial charge in [0.15, 0.2) is 12.9 Å². The zero-order valence-electron chi connectivity index (χ0n) is 14.2. The highest BCUT2D eigenvalue weighted by Gasteiger charge is 2.40. The summed E-state index contributed by atoms with van der Waals surface area (Å²) in [5.41, 5.74) is 0.0427. The Balaban J connectivity index is 2.17. The Morgan fingerprint density at radius 2 is 1.16 bits per heavy atom. The average molecular weight is 348 g/mol. The second kappa shape index (κ2) is 7.63. The van der Waals surface area contributed by atoms with Gasteiger partial charge in [-0.2, -0.15) is 0 Å². The number of rotatable bonds is 6. The van der Waals surface area contributed by atoms with Crippen molar-refractivity contribution >= 4 is 23.5 Å². The van der Waals surface area contributed by atoms with Crippen LogP contribution in [-0.4, -0.2) is 11.4 Å². The molecular weight excluding hydrogens is 327 g/mol. The highest BCUT2D eigenvalue weighted by Crippen LogP contribution is 2.51. The van der Waals surface area contributed by atoms with Gasteiger partial charge in [0.2, 0.25) is 0 Å². The molecule has 0 N–H and O–H groups in total. The molecule has 3 aromatic rings. The van der Waals surface area contributed by atoms with Gasteiger partial charge >= 0.3 is 0 Å². The Hall–Kier alpha value is -2.44. The van der Waals surface area contributed by atoms with Gasteiger partial charge in [0, 0.05) is 16.2 Å². The molecular formula is C22H21O2P. The third-order valence-corrected chi connectivity index (χ3v) is 8.07. The van der Waals surface area contributed by atoms with E-state index >= 15 is 0 Å². The Kier molecular flexibility index (Phi) is 5.31. The van der Waals surface area contributed by atoms with Crippen molar-refractivity contribution in [3.05, 3.63) is 96.6 Å². The maximum Gasteiger partial charge on any atom is 0.173 e. The van der Waals surface area contributed by atoms with Crippen LogP contribution in [-0.2, 0) is 4.57 Å². The van der Waals surface area contributed by atoms with Gasteiger partial charge in [0.05, 0.1) is 5.66 Å². The van der Waals surface area contributed by atoms with Crippen LogP contribution in [0.25, 0.3) is 0 Å². The second-order valence-electron chi connectivity index (χ2n) is 5.98. The fourth-order valence-electron chi connectivity index (χ4n) is 3.21. The van der Waals surface area contributed by atoms with E-state index in [4.69, 9.17) is 0 Å². The first-order valence-electron chi connectivity index (χ1n) is 8.48. The minimum absolute atomic E-state index is 0.0564. The van der Waals surface area contributed by atoms with Crippen LogP contribution < -0.4 is 10.6 Å². The molecule has 0 bridgehead atoms. The highest BCUT2D eigenvalue weighted by molar-refractivity contribution is 7.80. The molecule has 0 spiro atoms. The molecule has 3 rings (SSSR count). The predicted molar refractivity (Wildman–Crippen MR) is 105 cm³/mol. The van der Waals surface area contributed by atoms with Gasteiger partial charge in [0.25, 0.3) is 0 Å². The van der Waals surface area contributed by atoms with Crippen LogP contribution in [0.4, 0.5) is 0 Å². The number of hydrogen-bond acceptors (Lipinski definition) is 2. The normalized spacial score (nSPS) is 12.5. The molecule has 0 fully saturated rings. The lowest BCUT2D eigenvalue weighted by Gasteiger charge is -2.27. The van der Waals surface area contributed by atoms with E-state index in [1.165, 1.54) is 0 Å². The molecule has 3 heteroatoms. The molecule has 0 saturated heterocycles. The van der Waals surface area contributed by atoms with E-state index < -0.39 is 12.8 Å². The molecule has 25 heavy (non-hydrogen) atoms. The van der Waals surface area contributed by atoms with Crippen LogP contribution in [0.5, 0.6) is 0 Å². The van der Waals surface area contributed by atoms with Crippen molar-refractivity contribution in [2.75, 3.05) is 0 Å². The van der Waals surface area contributed by atoms with Crippen LogP contribution in [0.1, 0.15) is 23.7 Å². The first-order chi connectivity index (χ1) is 12.2. The van der Waals surface area contributed by atoms with Gasteiger partial charge in [-0.05, 0) is 6.42 Å². The summed E-state index contributed by atoms with van der Waals surface area (Å²) >= 11 is 0. The number of ketones is 1. The van der Waals surface area contributed by atoms with Crippen LogP contribution in [0.2, 0.25) is 0 Å². The van der Waals surface area contributed by atoms with Crippen LogP contribution >= 0.6 is 7.14 Å². The van der Waals surface area contributed by atoms with Gasteiger partial charge in [-0.3, -0.25) is 4.79 Å². The van der Waals surface area contributed by atoms with Crippen molar-refractivity contribution in [3.8, 4) is 0 Å². The third kappa shape index (κ3) is 3.36. The van der Waals surface area contributed by atoms with Crippen molar-refractivity contribution in [3.63, 3.8) is 0 Å². The lowest BCUT2D eigenvalue weighted by molar-refractivity contribution is 0.0985. The van der Waals surface area contributed by atoms with E-state index in [0.717, 1.165) is 10.6 Å². The quantitative estimate of drug-likeness (QED) is 0.479. The Bertz CT molecular complexity index is 830. The van der Waals surface area contributed by atoms with Crippen LogP contribution in [0.15, 0.2) is 91.0 Å². The lowest BCUT2D eigenvalue weighted by Crippen LogP contribution is -2.31. The van der Waals surface area contributed by atoms with E-state index in [0.29, 0.717) is 12.0 Å². The van der Waals surface area contributed by atoms with Gasteiger partial charge in [0.1, 0.15) is 0 Å². The molecule has 0 aliphatic carbocycles. The summed E-state index contributed by atoms with van der Waals surface area (Å²) in [6.45, 7) is 1.93. The summed E-state index contributed by atoms with van der Waals surface area (Å²) in [6.07, 6.45) is 0.523. The Labute approximate surface area is 148 Å². The fourth-order valence-corrected chi connectivity index (χ4v) is 6.45. The zero-order chi connectivity index (χ0) is 17.7. The monoisotopic (exact) mass is 348 g/mol. The zero-order valence-corrected chi connectivity index (χ0v) is 15.1. The number of Topliss-reactive ketones (excluding diaryl/α,β-unsaturated/α-hetero) is 1.